The van der Waals surface area contributed by atoms with Crippen LogP contribution in [0.3, 0.4) is 0 Å². The minimum atomic E-state index is -2.61. The van der Waals surface area contributed by atoms with Crippen LogP contribution in [0.2, 0.25) is 0 Å². The molecule has 6 nitrogen and oxygen atoms in total. The number of hydrogen-bond acceptors (Lipinski definition) is 5. The topological polar surface area (TPSA) is 67.9 Å². The second kappa shape index (κ2) is 12.2. The molecule has 0 unspecified atom stereocenters. The average molecular weight is 493 g/mol. The Morgan fingerprint density at radius 1 is 1.03 bits per heavy atom. The summed E-state index contributed by atoms with van der Waals surface area (Å²) in [5, 5.41) is 3.21. The van der Waals surface area contributed by atoms with Gasteiger partial charge in [0, 0.05) is 44.2 Å². The van der Waals surface area contributed by atoms with Gasteiger partial charge in [-0.15, -0.1) is 0 Å². The molecule has 2 aliphatic heterocycles. The maximum absolute atomic E-state index is 13.3. The fourth-order valence-electron chi connectivity index (χ4n) is 5.39. The lowest BCUT2D eigenvalue weighted by molar-refractivity contribution is -0.127. The van der Waals surface area contributed by atoms with E-state index in [-0.39, 0.29) is 49.3 Å². The highest BCUT2D eigenvalue weighted by Crippen LogP contribution is 2.37. The summed E-state index contributed by atoms with van der Waals surface area (Å²) in [6, 6.07) is 5.96. The Morgan fingerprint density at radius 2 is 1.71 bits per heavy atom. The number of carbonyl (C=O) groups is 2. The number of benzene rings is 1. The van der Waals surface area contributed by atoms with Crippen LogP contribution >= 0.6 is 0 Å². The minimum absolute atomic E-state index is 0.00324. The van der Waals surface area contributed by atoms with E-state index in [1.807, 2.05) is 18.2 Å². The fourth-order valence-corrected chi connectivity index (χ4v) is 5.39. The number of ketones is 1. The smallest absolute Gasteiger partial charge is 0.248 e. The SMILES string of the molecule is O=C(CCCCC(=O)C1CCC(F)(F)CC1)N[C@@H](Cc1ccc2c(c1)OCCO2)CN1CCCC1. The summed E-state index contributed by atoms with van der Waals surface area (Å²) in [6.07, 6.45) is 5.28. The zero-order chi connectivity index (χ0) is 24.7. The van der Waals surface area contributed by atoms with E-state index in [4.69, 9.17) is 9.47 Å². The number of halogens is 2. The molecule has 1 atom stereocenters. The Bertz CT molecular complexity index is 863. The molecule has 1 aromatic carbocycles. The molecule has 1 aliphatic carbocycles. The molecule has 1 saturated heterocycles. The molecule has 3 aliphatic rings. The number of nitrogens with zero attached hydrogens (tertiary/aromatic N) is 1. The highest BCUT2D eigenvalue weighted by molar-refractivity contribution is 5.81. The minimum Gasteiger partial charge on any atom is -0.486 e. The van der Waals surface area contributed by atoms with E-state index in [0.717, 1.165) is 36.7 Å². The molecule has 2 fully saturated rings. The Hall–Kier alpha value is -2.22. The van der Waals surface area contributed by atoms with Crippen molar-refractivity contribution < 1.29 is 27.8 Å². The van der Waals surface area contributed by atoms with Crippen molar-refractivity contribution in [2.75, 3.05) is 32.8 Å². The number of Topliss-reactive ketones (excluding diaryl/α,β-unsaturated/α-hetero) is 1. The first-order chi connectivity index (χ1) is 16.9. The third-order valence-electron chi connectivity index (χ3n) is 7.38. The van der Waals surface area contributed by atoms with Crippen LogP contribution in [0.15, 0.2) is 18.2 Å². The Morgan fingerprint density at radius 3 is 2.46 bits per heavy atom. The standard InChI is InChI=1S/C27H38F2N2O4/c28-27(29)11-9-21(10-12-27)23(32)5-1-2-6-26(33)30-22(19-31-13-3-4-14-31)17-20-7-8-24-25(18-20)35-16-15-34-24/h7-8,18,21-22H,1-6,9-17,19H2,(H,30,33)/t22-/m0/s1. The molecule has 0 bridgehead atoms. The van der Waals surface area contributed by atoms with Crippen molar-refractivity contribution in [1.82, 2.24) is 10.2 Å². The van der Waals surface area contributed by atoms with E-state index in [0.29, 0.717) is 45.3 Å². The van der Waals surface area contributed by atoms with Gasteiger partial charge >= 0.3 is 0 Å². The second-order valence-corrected chi connectivity index (χ2v) is 10.3. The van der Waals surface area contributed by atoms with Crippen LogP contribution in [0.1, 0.15) is 69.8 Å². The number of carbonyl (C=O) groups excluding carboxylic acids is 2. The zero-order valence-corrected chi connectivity index (χ0v) is 20.5. The van der Waals surface area contributed by atoms with Crippen molar-refractivity contribution in [1.29, 1.82) is 0 Å². The first-order valence-electron chi connectivity index (χ1n) is 13.2. The quantitative estimate of drug-likeness (QED) is 0.460. The third-order valence-corrected chi connectivity index (χ3v) is 7.38. The van der Waals surface area contributed by atoms with Gasteiger partial charge in [-0.1, -0.05) is 6.07 Å². The van der Waals surface area contributed by atoms with Gasteiger partial charge in [0.1, 0.15) is 19.0 Å². The summed E-state index contributed by atoms with van der Waals surface area (Å²) in [5.41, 5.74) is 1.10. The number of alkyl halides is 2. The lowest BCUT2D eigenvalue weighted by atomic mass is 9.83. The van der Waals surface area contributed by atoms with Crippen LogP contribution in [0.5, 0.6) is 11.5 Å². The molecular weight excluding hydrogens is 454 g/mol. The van der Waals surface area contributed by atoms with Gasteiger partial charge in [0.2, 0.25) is 11.8 Å². The van der Waals surface area contributed by atoms with Crippen molar-refractivity contribution in [3.8, 4) is 11.5 Å². The molecular formula is C27H38F2N2O4. The predicted octanol–water partition coefficient (Wildman–Crippen LogP) is 4.54. The van der Waals surface area contributed by atoms with Gasteiger partial charge in [0.05, 0.1) is 0 Å². The van der Waals surface area contributed by atoms with Crippen LogP contribution in [0.25, 0.3) is 0 Å². The Balaban J connectivity index is 1.22. The lowest BCUT2D eigenvalue weighted by Gasteiger charge is -2.27. The van der Waals surface area contributed by atoms with Gasteiger partial charge in [-0.2, -0.15) is 0 Å². The number of likely N-dealkylation sites (tertiary alicyclic amines) is 1. The van der Waals surface area contributed by atoms with E-state index in [9.17, 15) is 18.4 Å². The number of amides is 1. The molecule has 194 valence electrons. The van der Waals surface area contributed by atoms with E-state index in [1.54, 1.807) is 0 Å². The zero-order valence-electron chi connectivity index (χ0n) is 20.5. The summed E-state index contributed by atoms with van der Waals surface area (Å²) in [4.78, 5) is 27.5. The van der Waals surface area contributed by atoms with E-state index >= 15 is 0 Å². The molecule has 4 rings (SSSR count). The number of ether oxygens (including phenoxy) is 2. The maximum atomic E-state index is 13.3. The van der Waals surface area contributed by atoms with Crippen LogP contribution in [0.4, 0.5) is 8.78 Å². The van der Waals surface area contributed by atoms with E-state index in [2.05, 4.69) is 10.2 Å². The van der Waals surface area contributed by atoms with Gasteiger partial charge in [-0.25, -0.2) is 8.78 Å². The summed E-state index contributed by atoms with van der Waals surface area (Å²) in [7, 11) is 0. The van der Waals surface area contributed by atoms with E-state index in [1.165, 1.54) is 12.8 Å². The monoisotopic (exact) mass is 492 g/mol. The number of rotatable bonds is 11. The largest absolute Gasteiger partial charge is 0.486 e. The van der Waals surface area contributed by atoms with Gasteiger partial charge in [-0.3, -0.25) is 9.59 Å². The molecule has 1 saturated carbocycles. The second-order valence-electron chi connectivity index (χ2n) is 10.3. The van der Waals surface area contributed by atoms with Crippen LogP contribution in [-0.4, -0.2) is 61.4 Å². The van der Waals surface area contributed by atoms with Crippen molar-refractivity contribution in [3.05, 3.63) is 23.8 Å². The summed E-state index contributed by atoms with van der Waals surface area (Å²) < 4.78 is 37.9. The average Bonchev–Trinajstić information content (AvgIpc) is 3.34. The van der Waals surface area contributed by atoms with Crippen molar-refractivity contribution in [2.45, 2.75) is 82.6 Å². The maximum Gasteiger partial charge on any atom is 0.248 e. The van der Waals surface area contributed by atoms with Crippen molar-refractivity contribution >= 4 is 11.7 Å². The Kier molecular flexibility index (Phi) is 8.98. The highest BCUT2D eigenvalue weighted by Gasteiger charge is 2.37. The first-order valence-corrected chi connectivity index (χ1v) is 13.2. The molecule has 1 aromatic rings. The van der Waals surface area contributed by atoms with Gasteiger partial charge in [-0.05, 0) is 75.7 Å². The van der Waals surface area contributed by atoms with Gasteiger partial charge in [0.25, 0.3) is 0 Å². The van der Waals surface area contributed by atoms with Crippen LogP contribution in [-0.2, 0) is 16.0 Å². The van der Waals surface area contributed by atoms with Gasteiger partial charge in [0.15, 0.2) is 11.5 Å². The summed E-state index contributed by atoms with van der Waals surface area (Å²) in [6.45, 7) is 4.03. The molecule has 8 heteroatoms. The van der Waals surface area contributed by atoms with Crippen molar-refractivity contribution in [2.24, 2.45) is 5.92 Å². The number of fused-ring (bicyclic) bond motifs is 1. The summed E-state index contributed by atoms with van der Waals surface area (Å²) in [5.74, 6) is -1.26. The highest BCUT2D eigenvalue weighted by atomic mass is 19.3. The van der Waals surface area contributed by atoms with Gasteiger partial charge < -0.3 is 19.7 Å². The first kappa shape index (κ1) is 25.9. The molecule has 0 radical (unpaired) electrons. The van der Waals surface area contributed by atoms with Crippen LogP contribution in [0, 0.1) is 5.92 Å². The van der Waals surface area contributed by atoms with E-state index < -0.39 is 5.92 Å². The predicted molar refractivity (Wildman–Crippen MR) is 129 cm³/mol. The number of unbranched alkanes of at least 4 members (excludes halogenated alkanes) is 1. The molecule has 1 N–H and O–H groups in total. The Labute approximate surface area is 206 Å². The number of hydrogen-bond donors (Lipinski definition) is 1. The summed E-state index contributed by atoms with van der Waals surface area (Å²) >= 11 is 0. The molecule has 2 heterocycles. The molecule has 0 aromatic heterocycles. The molecule has 0 spiro atoms. The number of nitrogens with one attached hydrogen (secondary N) is 1. The van der Waals surface area contributed by atoms with Crippen LogP contribution < -0.4 is 14.8 Å². The third kappa shape index (κ3) is 7.89. The van der Waals surface area contributed by atoms with Crippen molar-refractivity contribution in [3.63, 3.8) is 0 Å². The molecule has 1 amide bonds. The molecule has 35 heavy (non-hydrogen) atoms. The lowest BCUT2D eigenvalue weighted by Crippen LogP contribution is -2.44. The fraction of sp³-hybridized carbons (Fsp3) is 0.704. The normalized spacial score (nSPS) is 21.0.